The van der Waals surface area contributed by atoms with Crippen molar-refractivity contribution in [2.75, 3.05) is 23.7 Å². The monoisotopic (exact) mass is 358 g/mol. The maximum absolute atomic E-state index is 11.9. The van der Waals surface area contributed by atoms with Crippen LogP contribution in [0.25, 0.3) is 0 Å². The van der Waals surface area contributed by atoms with Crippen LogP contribution < -0.4 is 10.2 Å². The van der Waals surface area contributed by atoms with E-state index in [1.165, 1.54) is 11.8 Å². The first kappa shape index (κ1) is 20.0. The van der Waals surface area contributed by atoms with E-state index in [4.69, 9.17) is 11.6 Å². The maximum atomic E-state index is 11.9. The topological polar surface area (TPSA) is 58.1 Å². The highest BCUT2D eigenvalue weighted by atomic mass is 35.5. The van der Waals surface area contributed by atoms with E-state index < -0.39 is 0 Å². The molecule has 0 aliphatic heterocycles. The van der Waals surface area contributed by atoms with Gasteiger partial charge in [0, 0.05) is 24.7 Å². The highest BCUT2D eigenvalue weighted by Gasteiger charge is 2.15. The fourth-order valence-electron chi connectivity index (χ4n) is 2.08. The number of hydrogen-bond donors (Lipinski definition) is 1. The quantitative estimate of drug-likeness (QED) is 0.435. The van der Waals surface area contributed by atoms with Gasteiger partial charge >= 0.3 is 0 Å². The molecule has 0 spiro atoms. The number of halogens is 1. The molecule has 0 radical (unpaired) electrons. The second-order valence-electron chi connectivity index (χ2n) is 6.41. The van der Waals surface area contributed by atoms with E-state index in [-0.39, 0.29) is 17.2 Å². The highest BCUT2D eigenvalue weighted by molar-refractivity contribution is 7.99. The normalized spacial score (nSPS) is 11.4. The molecule has 23 heavy (non-hydrogen) atoms. The van der Waals surface area contributed by atoms with Crippen LogP contribution in [0, 0.1) is 0 Å². The Hall–Kier alpha value is -1.01. The van der Waals surface area contributed by atoms with Gasteiger partial charge in [0.15, 0.2) is 5.16 Å². The summed E-state index contributed by atoms with van der Waals surface area (Å²) in [4.78, 5) is 22.9. The molecule has 0 aromatic carbocycles. The predicted molar refractivity (Wildman–Crippen MR) is 98.5 cm³/mol. The number of hydrogen-bond acceptors (Lipinski definition) is 5. The van der Waals surface area contributed by atoms with E-state index in [1.807, 2.05) is 20.8 Å². The van der Waals surface area contributed by atoms with Crippen molar-refractivity contribution < 1.29 is 4.79 Å². The van der Waals surface area contributed by atoms with Crippen molar-refractivity contribution >= 4 is 35.1 Å². The fourth-order valence-corrected chi connectivity index (χ4v) is 2.96. The molecule has 0 aliphatic rings. The first-order valence-electron chi connectivity index (χ1n) is 7.98. The summed E-state index contributed by atoms with van der Waals surface area (Å²) in [6.45, 7) is 12.0. The molecular formula is C16H27ClN4OS. The molecule has 1 N–H and O–H groups in total. The van der Waals surface area contributed by atoms with E-state index in [0.29, 0.717) is 10.3 Å². The van der Waals surface area contributed by atoms with Crippen molar-refractivity contribution in [1.82, 2.24) is 15.3 Å². The molecule has 7 heteroatoms. The number of anilines is 1. The van der Waals surface area contributed by atoms with Crippen LogP contribution in [0.15, 0.2) is 11.2 Å². The van der Waals surface area contributed by atoms with Crippen LogP contribution in [0.2, 0.25) is 5.15 Å². The zero-order valence-electron chi connectivity index (χ0n) is 14.6. The van der Waals surface area contributed by atoms with Crippen molar-refractivity contribution in [3.63, 3.8) is 0 Å². The summed E-state index contributed by atoms with van der Waals surface area (Å²) in [5.41, 5.74) is -0.239. The molecule has 1 heterocycles. The minimum Gasteiger partial charge on any atom is -0.356 e. The molecule has 0 aliphatic carbocycles. The van der Waals surface area contributed by atoms with Crippen molar-refractivity contribution in [3.05, 3.63) is 11.2 Å². The molecule has 130 valence electrons. The smallest absolute Gasteiger partial charge is 0.230 e. The third-order valence-corrected chi connectivity index (χ3v) is 3.86. The van der Waals surface area contributed by atoms with Gasteiger partial charge in [0.2, 0.25) is 5.91 Å². The Morgan fingerprint density at radius 2 is 1.87 bits per heavy atom. The molecule has 0 bridgehead atoms. The summed E-state index contributed by atoms with van der Waals surface area (Å²) >= 11 is 7.43. The van der Waals surface area contributed by atoms with Crippen molar-refractivity contribution in [3.8, 4) is 0 Å². The first-order chi connectivity index (χ1) is 10.7. The number of nitrogens with one attached hydrogen (secondary N) is 1. The van der Waals surface area contributed by atoms with E-state index >= 15 is 0 Å². The number of carbonyl (C=O) groups excluding carboxylic acids is 1. The number of carbonyl (C=O) groups is 1. The zero-order valence-corrected chi connectivity index (χ0v) is 16.2. The SMILES string of the molecule is CCCN(CCC)c1cc(Cl)nc(SCC(=O)NC(C)(C)C)n1. The van der Waals surface area contributed by atoms with Crippen LogP contribution in [0.3, 0.4) is 0 Å². The summed E-state index contributed by atoms with van der Waals surface area (Å²) in [6, 6.07) is 1.78. The predicted octanol–water partition coefficient (Wildman–Crippen LogP) is 3.76. The molecule has 0 saturated heterocycles. The van der Waals surface area contributed by atoms with Crippen LogP contribution >= 0.6 is 23.4 Å². The van der Waals surface area contributed by atoms with Crippen molar-refractivity contribution in [2.45, 2.75) is 58.2 Å². The summed E-state index contributed by atoms with van der Waals surface area (Å²) in [6.07, 6.45) is 2.08. The van der Waals surface area contributed by atoms with Gasteiger partial charge in [0.25, 0.3) is 0 Å². The van der Waals surface area contributed by atoms with E-state index in [9.17, 15) is 4.79 Å². The van der Waals surface area contributed by atoms with Gasteiger partial charge in [-0.05, 0) is 33.6 Å². The van der Waals surface area contributed by atoms with Gasteiger partial charge in [0.05, 0.1) is 5.75 Å². The number of nitrogens with zero attached hydrogens (tertiary/aromatic N) is 3. The minimum atomic E-state index is -0.239. The molecule has 1 aromatic heterocycles. The Morgan fingerprint density at radius 3 is 2.39 bits per heavy atom. The Kier molecular flexibility index (Phi) is 8.12. The minimum absolute atomic E-state index is 0.0356. The molecule has 0 atom stereocenters. The van der Waals surface area contributed by atoms with Gasteiger partial charge in [-0.1, -0.05) is 37.2 Å². The number of amides is 1. The van der Waals surface area contributed by atoms with Crippen LogP contribution in [-0.4, -0.2) is 40.3 Å². The molecule has 0 unspecified atom stereocenters. The Balaban J connectivity index is 2.78. The first-order valence-corrected chi connectivity index (χ1v) is 9.35. The standard InChI is InChI=1S/C16H27ClN4OS/c1-6-8-21(9-7-2)13-10-12(17)18-15(19-13)23-11-14(22)20-16(3,4)5/h10H,6-9,11H2,1-5H3,(H,20,22). The Bertz CT molecular complexity index is 513. The summed E-state index contributed by atoms with van der Waals surface area (Å²) in [5, 5.41) is 3.87. The molecular weight excluding hydrogens is 332 g/mol. The summed E-state index contributed by atoms with van der Waals surface area (Å²) < 4.78 is 0. The lowest BCUT2D eigenvalue weighted by molar-refractivity contribution is -0.119. The average Bonchev–Trinajstić information content (AvgIpc) is 2.42. The summed E-state index contributed by atoms with van der Waals surface area (Å²) in [7, 11) is 0. The molecule has 5 nitrogen and oxygen atoms in total. The number of thioether (sulfide) groups is 1. The second kappa shape index (κ2) is 9.33. The van der Waals surface area contributed by atoms with Crippen molar-refractivity contribution in [1.29, 1.82) is 0 Å². The van der Waals surface area contributed by atoms with Gasteiger partial charge < -0.3 is 10.2 Å². The molecule has 0 saturated carbocycles. The van der Waals surface area contributed by atoms with Crippen LogP contribution in [0.5, 0.6) is 0 Å². The molecule has 1 rings (SSSR count). The molecule has 1 amide bonds. The van der Waals surface area contributed by atoms with Gasteiger partial charge in [-0.15, -0.1) is 0 Å². The van der Waals surface area contributed by atoms with E-state index in [2.05, 4.69) is 34.0 Å². The number of aromatic nitrogens is 2. The summed E-state index contributed by atoms with van der Waals surface area (Å²) in [5.74, 6) is 1.07. The van der Waals surface area contributed by atoms with Gasteiger partial charge in [-0.3, -0.25) is 4.79 Å². The van der Waals surface area contributed by atoms with E-state index in [1.54, 1.807) is 6.07 Å². The zero-order chi connectivity index (χ0) is 17.5. The lowest BCUT2D eigenvalue weighted by Gasteiger charge is -2.23. The Morgan fingerprint density at radius 1 is 1.26 bits per heavy atom. The average molecular weight is 359 g/mol. The number of rotatable bonds is 8. The van der Waals surface area contributed by atoms with Gasteiger partial charge in [0.1, 0.15) is 11.0 Å². The van der Waals surface area contributed by atoms with Crippen LogP contribution in [0.4, 0.5) is 5.82 Å². The van der Waals surface area contributed by atoms with Gasteiger partial charge in [-0.25, -0.2) is 9.97 Å². The highest BCUT2D eigenvalue weighted by Crippen LogP contribution is 2.22. The molecule has 0 fully saturated rings. The lowest BCUT2D eigenvalue weighted by Crippen LogP contribution is -2.41. The maximum Gasteiger partial charge on any atom is 0.230 e. The third kappa shape index (κ3) is 7.88. The lowest BCUT2D eigenvalue weighted by atomic mass is 10.1. The largest absolute Gasteiger partial charge is 0.356 e. The van der Waals surface area contributed by atoms with E-state index in [0.717, 1.165) is 31.7 Å². The van der Waals surface area contributed by atoms with Crippen molar-refractivity contribution in [2.24, 2.45) is 0 Å². The fraction of sp³-hybridized carbons (Fsp3) is 0.688. The second-order valence-corrected chi connectivity index (χ2v) is 7.74. The third-order valence-electron chi connectivity index (χ3n) is 2.82. The van der Waals surface area contributed by atoms with Crippen LogP contribution in [0.1, 0.15) is 47.5 Å². The van der Waals surface area contributed by atoms with Gasteiger partial charge in [-0.2, -0.15) is 0 Å². The molecule has 1 aromatic rings. The van der Waals surface area contributed by atoms with Crippen LogP contribution in [-0.2, 0) is 4.79 Å². The Labute approximate surface area is 148 Å².